The molecule has 2 rings (SSSR count). The lowest BCUT2D eigenvalue weighted by Crippen LogP contribution is -2.59. The zero-order valence-electron chi connectivity index (χ0n) is 31.2. The average Bonchev–Trinajstić information content (AvgIpc) is 3.37. The molecular formula is C36H56N6O8. The van der Waals surface area contributed by atoms with Gasteiger partial charge in [-0.1, -0.05) is 92.1 Å². The Bertz CT molecular complexity index is 1390. The van der Waals surface area contributed by atoms with E-state index in [-0.39, 0.29) is 37.8 Å². The quantitative estimate of drug-likeness (QED) is 0.201. The minimum Gasteiger partial charge on any atom is -0.449 e. The molecule has 278 valence electrons. The smallest absolute Gasteiger partial charge is 0.407 e. The Balaban J connectivity index is 2.16. The lowest BCUT2D eigenvalue weighted by Gasteiger charge is -2.35. The Morgan fingerprint density at radius 3 is 2.14 bits per heavy atom. The molecule has 50 heavy (non-hydrogen) atoms. The summed E-state index contributed by atoms with van der Waals surface area (Å²) in [7, 11) is 3.11. The SMILES string of the molecule is CCC[C@H](NC(=O)[C@@H]1CC(C)(C)CN1C(=O)[C@@H](NC(=O)OCC(C)C)C(C)(C)C)C(=O)C(=O)NCC(=O)N[C@H](C(=O)N(C)C)c1ccccc1. The van der Waals surface area contributed by atoms with Crippen LogP contribution in [0.4, 0.5) is 4.79 Å². The van der Waals surface area contributed by atoms with Gasteiger partial charge < -0.3 is 35.8 Å². The Morgan fingerprint density at radius 2 is 1.60 bits per heavy atom. The first-order valence-corrected chi connectivity index (χ1v) is 17.1. The fraction of sp³-hybridized carbons (Fsp3) is 0.639. The van der Waals surface area contributed by atoms with Crippen LogP contribution in [0, 0.1) is 16.7 Å². The molecule has 4 atom stereocenters. The molecule has 4 N–H and O–H groups in total. The number of ketones is 1. The third-order valence-electron chi connectivity index (χ3n) is 8.20. The average molecular weight is 701 g/mol. The molecule has 1 saturated heterocycles. The molecule has 1 fully saturated rings. The van der Waals surface area contributed by atoms with Crippen molar-refractivity contribution in [2.75, 3.05) is 33.8 Å². The number of likely N-dealkylation sites (N-methyl/N-ethyl adjacent to an activating group) is 1. The standard InChI is InChI=1S/C36H56N6O8/c1-11-15-24(28(44)31(46)37-19-26(43)39-27(32(47)41(9)10)23-16-13-12-14-17-23)38-30(45)25-18-36(7,8)21-42(25)33(48)29(35(4,5)6)40-34(49)50-20-22(2)3/h12-14,16-17,22,24-25,27,29H,11,15,18-21H2,1-10H3,(H,37,46)(H,38,45)(H,39,43)(H,40,49)/t24-,25-,27-,29+/m0/s1. The highest BCUT2D eigenvalue weighted by Gasteiger charge is 2.48. The summed E-state index contributed by atoms with van der Waals surface area (Å²) in [4.78, 5) is 94.9. The number of likely N-dealkylation sites (tertiary alicyclic amines) is 1. The predicted octanol–water partition coefficient (Wildman–Crippen LogP) is 2.33. The molecule has 1 aliphatic rings. The van der Waals surface area contributed by atoms with Gasteiger partial charge in [0.05, 0.1) is 19.2 Å². The predicted molar refractivity (Wildman–Crippen MR) is 187 cm³/mol. The van der Waals surface area contributed by atoms with Crippen molar-refractivity contribution in [3.05, 3.63) is 35.9 Å². The van der Waals surface area contributed by atoms with Crippen LogP contribution in [0.3, 0.4) is 0 Å². The summed E-state index contributed by atoms with van der Waals surface area (Å²) in [6.45, 7) is 14.6. The van der Waals surface area contributed by atoms with Crippen molar-refractivity contribution in [3.63, 3.8) is 0 Å². The second-order valence-corrected chi connectivity index (χ2v) is 15.3. The Kier molecular flexibility index (Phi) is 15.0. The number of nitrogens with one attached hydrogen (secondary N) is 4. The van der Waals surface area contributed by atoms with Crippen LogP contribution in [0.5, 0.6) is 0 Å². The van der Waals surface area contributed by atoms with Crippen molar-refractivity contribution in [1.82, 2.24) is 31.1 Å². The zero-order chi connectivity index (χ0) is 38.0. The Labute approximate surface area is 295 Å². The second kappa shape index (κ2) is 18.0. The molecule has 0 radical (unpaired) electrons. The third-order valence-corrected chi connectivity index (χ3v) is 8.20. The molecular weight excluding hydrogens is 644 g/mol. The largest absolute Gasteiger partial charge is 0.449 e. The zero-order valence-corrected chi connectivity index (χ0v) is 31.2. The van der Waals surface area contributed by atoms with Gasteiger partial charge in [0.2, 0.25) is 29.4 Å². The Hall–Kier alpha value is -4.49. The van der Waals surface area contributed by atoms with Gasteiger partial charge in [-0.15, -0.1) is 0 Å². The summed E-state index contributed by atoms with van der Waals surface area (Å²) < 4.78 is 5.26. The van der Waals surface area contributed by atoms with Crippen LogP contribution in [0.25, 0.3) is 0 Å². The van der Waals surface area contributed by atoms with Crippen LogP contribution in [-0.4, -0.2) is 103 Å². The highest BCUT2D eigenvalue weighted by molar-refractivity contribution is 6.38. The lowest BCUT2D eigenvalue weighted by molar-refractivity contribution is -0.144. The van der Waals surface area contributed by atoms with E-state index in [1.165, 1.54) is 9.80 Å². The molecule has 0 aromatic heterocycles. The van der Waals surface area contributed by atoms with Crippen LogP contribution in [0.2, 0.25) is 0 Å². The first-order valence-electron chi connectivity index (χ1n) is 17.1. The summed E-state index contributed by atoms with van der Waals surface area (Å²) in [5.41, 5.74) is -0.641. The van der Waals surface area contributed by atoms with Crippen LogP contribution >= 0.6 is 0 Å². The number of ether oxygens (including phenoxy) is 1. The van der Waals surface area contributed by atoms with Gasteiger partial charge in [0, 0.05) is 20.6 Å². The topological polar surface area (TPSA) is 183 Å². The van der Waals surface area contributed by atoms with Crippen molar-refractivity contribution < 1.29 is 38.3 Å². The van der Waals surface area contributed by atoms with E-state index in [9.17, 15) is 33.6 Å². The van der Waals surface area contributed by atoms with E-state index >= 15 is 0 Å². The molecule has 0 saturated carbocycles. The fourth-order valence-electron chi connectivity index (χ4n) is 5.59. The molecule has 1 heterocycles. The normalized spacial score (nSPS) is 17.2. The van der Waals surface area contributed by atoms with Crippen molar-refractivity contribution >= 4 is 41.4 Å². The molecule has 14 heteroatoms. The maximum atomic E-state index is 14.0. The molecule has 1 aromatic carbocycles. The van der Waals surface area contributed by atoms with Gasteiger partial charge in [-0.05, 0) is 35.2 Å². The number of amides is 6. The van der Waals surface area contributed by atoms with Gasteiger partial charge >= 0.3 is 6.09 Å². The van der Waals surface area contributed by atoms with Crippen molar-refractivity contribution in [3.8, 4) is 0 Å². The van der Waals surface area contributed by atoms with E-state index in [1.807, 2.05) is 27.7 Å². The van der Waals surface area contributed by atoms with Crippen molar-refractivity contribution in [2.24, 2.45) is 16.7 Å². The fourth-order valence-corrected chi connectivity index (χ4v) is 5.59. The molecule has 1 aromatic rings. The van der Waals surface area contributed by atoms with Gasteiger partial charge in [-0.2, -0.15) is 0 Å². The van der Waals surface area contributed by atoms with E-state index in [1.54, 1.807) is 72.1 Å². The van der Waals surface area contributed by atoms with E-state index in [2.05, 4.69) is 21.3 Å². The molecule has 0 spiro atoms. The molecule has 14 nitrogen and oxygen atoms in total. The first kappa shape index (κ1) is 41.7. The van der Waals surface area contributed by atoms with E-state index < -0.39 is 77.0 Å². The minimum atomic E-state index is -1.22. The number of carbonyl (C=O) groups excluding carboxylic acids is 7. The minimum absolute atomic E-state index is 0.0979. The monoisotopic (exact) mass is 700 g/mol. The second-order valence-electron chi connectivity index (χ2n) is 15.3. The number of nitrogens with zero attached hydrogens (tertiary/aromatic N) is 2. The summed E-state index contributed by atoms with van der Waals surface area (Å²) in [6, 6.07) is 4.41. The number of rotatable bonds is 15. The van der Waals surface area contributed by atoms with Crippen LogP contribution in [-0.2, 0) is 33.5 Å². The maximum absolute atomic E-state index is 14.0. The van der Waals surface area contributed by atoms with Crippen molar-refractivity contribution in [1.29, 1.82) is 0 Å². The van der Waals surface area contributed by atoms with E-state index in [0.29, 0.717) is 12.0 Å². The van der Waals surface area contributed by atoms with Gasteiger partial charge in [-0.3, -0.25) is 28.8 Å². The summed E-state index contributed by atoms with van der Waals surface area (Å²) in [5, 5.41) is 10.3. The van der Waals surface area contributed by atoms with E-state index in [4.69, 9.17) is 4.74 Å². The van der Waals surface area contributed by atoms with Gasteiger partial charge in [0.25, 0.3) is 5.91 Å². The van der Waals surface area contributed by atoms with Crippen LogP contribution < -0.4 is 21.3 Å². The van der Waals surface area contributed by atoms with E-state index in [0.717, 1.165) is 0 Å². The number of benzene rings is 1. The first-order chi connectivity index (χ1) is 23.2. The Morgan fingerprint density at radius 1 is 0.980 bits per heavy atom. The number of Topliss-reactive ketones (excluding diaryl/α,β-unsaturated/α-hetero) is 1. The highest BCUT2D eigenvalue weighted by Crippen LogP contribution is 2.36. The van der Waals surface area contributed by atoms with Crippen molar-refractivity contribution in [2.45, 2.75) is 98.8 Å². The molecule has 1 aliphatic heterocycles. The summed E-state index contributed by atoms with van der Waals surface area (Å²) in [6.07, 6.45) is 0.130. The van der Waals surface area contributed by atoms with Gasteiger partial charge in [0.15, 0.2) is 0 Å². The molecule has 6 amide bonds. The summed E-state index contributed by atoms with van der Waals surface area (Å²) >= 11 is 0. The molecule has 0 unspecified atom stereocenters. The maximum Gasteiger partial charge on any atom is 0.407 e. The lowest BCUT2D eigenvalue weighted by atomic mass is 9.85. The summed E-state index contributed by atoms with van der Waals surface area (Å²) in [5.74, 6) is -4.07. The van der Waals surface area contributed by atoms with Gasteiger partial charge in [-0.25, -0.2) is 4.79 Å². The molecule has 0 aliphatic carbocycles. The number of alkyl carbamates (subject to hydrolysis) is 1. The molecule has 0 bridgehead atoms. The number of hydrogen-bond donors (Lipinski definition) is 4. The number of hydrogen-bond acceptors (Lipinski definition) is 8. The van der Waals surface area contributed by atoms with Crippen LogP contribution in [0.1, 0.15) is 86.3 Å². The third kappa shape index (κ3) is 12.1. The van der Waals surface area contributed by atoms with Gasteiger partial charge in [0.1, 0.15) is 18.1 Å². The number of carbonyl (C=O) groups is 7. The highest BCUT2D eigenvalue weighted by atomic mass is 16.5. The van der Waals surface area contributed by atoms with Crippen LogP contribution in [0.15, 0.2) is 30.3 Å².